The minimum atomic E-state index is 0.136. The van der Waals surface area contributed by atoms with Gasteiger partial charge in [-0.15, -0.1) is 0 Å². The van der Waals surface area contributed by atoms with Gasteiger partial charge in [-0.3, -0.25) is 4.79 Å². The Hall–Kier alpha value is -0.610. The Morgan fingerprint density at radius 2 is 2.06 bits per heavy atom. The molecule has 18 heavy (non-hydrogen) atoms. The Labute approximate surface area is 110 Å². The summed E-state index contributed by atoms with van der Waals surface area (Å²) in [6, 6.07) is 1.27. The number of carbonyl (C=O) groups excluding carboxylic acids is 1. The molecule has 2 rings (SSSR count). The molecule has 0 aromatic heterocycles. The van der Waals surface area contributed by atoms with E-state index in [1.807, 2.05) is 18.7 Å². The van der Waals surface area contributed by atoms with Gasteiger partial charge in [0.2, 0.25) is 5.91 Å². The first-order chi connectivity index (χ1) is 8.66. The van der Waals surface area contributed by atoms with Crippen molar-refractivity contribution in [2.24, 2.45) is 5.92 Å². The van der Waals surface area contributed by atoms with Crippen LogP contribution < -0.4 is 10.6 Å². The standard InChI is InChI=1S/C14H27N3O/c1-11(2)14(18)17-8-5-12(6-9-17)16-10-13-4-3-7-15-13/h11-13,15-16H,3-10H2,1-2H3. The van der Waals surface area contributed by atoms with E-state index < -0.39 is 0 Å². The molecule has 2 fully saturated rings. The van der Waals surface area contributed by atoms with Gasteiger partial charge in [0.1, 0.15) is 0 Å². The van der Waals surface area contributed by atoms with Crippen molar-refractivity contribution in [2.45, 2.75) is 51.6 Å². The monoisotopic (exact) mass is 253 g/mol. The van der Waals surface area contributed by atoms with Crippen molar-refractivity contribution in [3.8, 4) is 0 Å². The topological polar surface area (TPSA) is 44.4 Å². The highest BCUT2D eigenvalue weighted by atomic mass is 16.2. The van der Waals surface area contributed by atoms with Crippen LogP contribution in [0.25, 0.3) is 0 Å². The van der Waals surface area contributed by atoms with Crippen LogP contribution in [0.1, 0.15) is 39.5 Å². The minimum Gasteiger partial charge on any atom is -0.342 e. The molecule has 2 saturated heterocycles. The highest BCUT2D eigenvalue weighted by molar-refractivity contribution is 5.78. The first-order valence-corrected chi connectivity index (χ1v) is 7.42. The van der Waals surface area contributed by atoms with Gasteiger partial charge in [-0.25, -0.2) is 0 Å². The van der Waals surface area contributed by atoms with Gasteiger partial charge in [-0.2, -0.15) is 0 Å². The third-order valence-corrected chi connectivity index (χ3v) is 4.12. The van der Waals surface area contributed by atoms with Gasteiger partial charge in [-0.1, -0.05) is 13.8 Å². The number of rotatable bonds is 4. The lowest BCUT2D eigenvalue weighted by molar-refractivity contribution is -0.135. The number of carbonyl (C=O) groups is 1. The molecule has 0 aromatic carbocycles. The number of piperidine rings is 1. The zero-order chi connectivity index (χ0) is 13.0. The van der Waals surface area contributed by atoms with E-state index in [-0.39, 0.29) is 5.92 Å². The Kier molecular flexibility index (Phi) is 5.01. The molecule has 0 bridgehead atoms. The van der Waals surface area contributed by atoms with Crippen LogP contribution in [-0.4, -0.2) is 49.1 Å². The second-order valence-corrected chi connectivity index (χ2v) is 5.96. The molecule has 4 nitrogen and oxygen atoms in total. The number of nitrogens with zero attached hydrogens (tertiary/aromatic N) is 1. The molecule has 0 radical (unpaired) electrons. The smallest absolute Gasteiger partial charge is 0.225 e. The Bertz CT molecular complexity index is 266. The largest absolute Gasteiger partial charge is 0.342 e. The van der Waals surface area contributed by atoms with Gasteiger partial charge >= 0.3 is 0 Å². The molecule has 2 heterocycles. The van der Waals surface area contributed by atoms with Gasteiger partial charge in [0.05, 0.1) is 0 Å². The molecular formula is C14H27N3O. The quantitative estimate of drug-likeness (QED) is 0.785. The van der Waals surface area contributed by atoms with Gasteiger partial charge in [0.25, 0.3) is 0 Å². The molecule has 0 spiro atoms. The van der Waals surface area contributed by atoms with E-state index in [0.717, 1.165) is 32.5 Å². The molecule has 0 aliphatic carbocycles. The van der Waals surface area contributed by atoms with Crippen molar-refractivity contribution in [1.29, 1.82) is 0 Å². The second-order valence-electron chi connectivity index (χ2n) is 5.96. The van der Waals surface area contributed by atoms with Crippen molar-refractivity contribution in [3.05, 3.63) is 0 Å². The molecule has 104 valence electrons. The number of likely N-dealkylation sites (tertiary alicyclic amines) is 1. The normalized spacial score (nSPS) is 25.9. The first-order valence-electron chi connectivity index (χ1n) is 7.42. The average molecular weight is 253 g/mol. The van der Waals surface area contributed by atoms with E-state index in [4.69, 9.17) is 0 Å². The molecule has 0 saturated carbocycles. The van der Waals surface area contributed by atoms with E-state index >= 15 is 0 Å². The number of hydrogen-bond donors (Lipinski definition) is 2. The summed E-state index contributed by atoms with van der Waals surface area (Å²) in [5, 5.41) is 7.16. The Morgan fingerprint density at radius 3 is 2.61 bits per heavy atom. The van der Waals surface area contributed by atoms with Crippen molar-refractivity contribution < 1.29 is 4.79 Å². The zero-order valence-corrected chi connectivity index (χ0v) is 11.7. The number of amides is 1. The SMILES string of the molecule is CC(C)C(=O)N1CCC(NCC2CCCN2)CC1. The number of hydrogen-bond acceptors (Lipinski definition) is 3. The fraction of sp³-hybridized carbons (Fsp3) is 0.929. The molecule has 0 aromatic rings. The van der Waals surface area contributed by atoms with Crippen molar-refractivity contribution in [1.82, 2.24) is 15.5 Å². The molecule has 2 N–H and O–H groups in total. The fourth-order valence-electron chi connectivity index (χ4n) is 2.91. The van der Waals surface area contributed by atoms with Crippen molar-refractivity contribution in [2.75, 3.05) is 26.2 Å². The highest BCUT2D eigenvalue weighted by Gasteiger charge is 2.24. The van der Waals surface area contributed by atoms with E-state index in [0.29, 0.717) is 18.0 Å². The van der Waals surface area contributed by atoms with Gasteiger partial charge in [0.15, 0.2) is 0 Å². The predicted octanol–water partition coefficient (Wildman–Crippen LogP) is 0.975. The summed E-state index contributed by atoms with van der Waals surface area (Å²) >= 11 is 0. The molecule has 2 aliphatic heterocycles. The summed E-state index contributed by atoms with van der Waals surface area (Å²) in [5.41, 5.74) is 0. The third kappa shape index (κ3) is 3.69. The van der Waals surface area contributed by atoms with Crippen LogP contribution in [0, 0.1) is 5.92 Å². The van der Waals surface area contributed by atoms with Crippen LogP contribution in [0.4, 0.5) is 0 Å². The minimum absolute atomic E-state index is 0.136. The zero-order valence-electron chi connectivity index (χ0n) is 11.7. The van der Waals surface area contributed by atoms with Gasteiger partial charge < -0.3 is 15.5 Å². The summed E-state index contributed by atoms with van der Waals surface area (Å²) in [5.74, 6) is 0.447. The molecule has 1 amide bonds. The summed E-state index contributed by atoms with van der Waals surface area (Å²) in [6.07, 6.45) is 4.82. The average Bonchev–Trinajstić information content (AvgIpc) is 2.89. The first kappa shape index (κ1) is 13.8. The van der Waals surface area contributed by atoms with E-state index in [9.17, 15) is 4.79 Å². The lowest BCUT2D eigenvalue weighted by Crippen LogP contribution is -2.48. The van der Waals surface area contributed by atoms with Gasteiger partial charge in [0, 0.05) is 37.6 Å². The lowest BCUT2D eigenvalue weighted by Gasteiger charge is -2.34. The van der Waals surface area contributed by atoms with E-state index in [1.165, 1.54) is 19.4 Å². The van der Waals surface area contributed by atoms with Crippen molar-refractivity contribution >= 4 is 5.91 Å². The van der Waals surface area contributed by atoms with Gasteiger partial charge in [-0.05, 0) is 32.2 Å². The van der Waals surface area contributed by atoms with Crippen LogP contribution >= 0.6 is 0 Å². The summed E-state index contributed by atoms with van der Waals surface area (Å²) in [6.45, 7) is 8.08. The van der Waals surface area contributed by atoms with E-state index in [2.05, 4.69) is 10.6 Å². The maximum atomic E-state index is 11.9. The summed E-state index contributed by atoms with van der Waals surface area (Å²) in [4.78, 5) is 13.9. The van der Waals surface area contributed by atoms with Crippen molar-refractivity contribution in [3.63, 3.8) is 0 Å². The van der Waals surface area contributed by atoms with E-state index in [1.54, 1.807) is 0 Å². The maximum absolute atomic E-state index is 11.9. The lowest BCUT2D eigenvalue weighted by atomic mass is 10.0. The molecule has 2 aliphatic rings. The third-order valence-electron chi connectivity index (χ3n) is 4.12. The molecule has 1 unspecified atom stereocenters. The predicted molar refractivity (Wildman–Crippen MR) is 73.5 cm³/mol. The molecular weight excluding hydrogens is 226 g/mol. The summed E-state index contributed by atoms with van der Waals surface area (Å²) in [7, 11) is 0. The maximum Gasteiger partial charge on any atom is 0.225 e. The van der Waals surface area contributed by atoms with Crippen LogP contribution in [0.2, 0.25) is 0 Å². The summed E-state index contributed by atoms with van der Waals surface area (Å²) < 4.78 is 0. The molecule has 4 heteroatoms. The highest BCUT2D eigenvalue weighted by Crippen LogP contribution is 2.13. The van der Waals surface area contributed by atoms with Crippen LogP contribution in [0.15, 0.2) is 0 Å². The second kappa shape index (κ2) is 6.53. The van der Waals surface area contributed by atoms with Crippen LogP contribution in [0.3, 0.4) is 0 Å². The fourth-order valence-corrected chi connectivity index (χ4v) is 2.91. The van der Waals surface area contributed by atoms with Crippen LogP contribution in [-0.2, 0) is 4.79 Å². The molecule has 1 atom stereocenters. The number of nitrogens with one attached hydrogen (secondary N) is 2. The Balaban J connectivity index is 1.65. The Morgan fingerprint density at radius 1 is 1.33 bits per heavy atom. The van der Waals surface area contributed by atoms with Crippen LogP contribution in [0.5, 0.6) is 0 Å².